The Bertz CT molecular complexity index is 675. The highest BCUT2D eigenvalue weighted by atomic mass is 79.9. The summed E-state index contributed by atoms with van der Waals surface area (Å²) in [7, 11) is -1.14. The van der Waals surface area contributed by atoms with E-state index >= 15 is 0 Å². The molecule has 0 saturated carbocycles. The third kappa shape index (κ3) is 3.55. The summed E-state index contributed by atoms with van der Waals surface area (Å²) in [4.78, 5) is 11.8. The Morgan fingerprint density at radius 3 is 2.75 bits per heavy atom. The van der Waals surface area contributed by atoms with E-state index in [0.29, 0.717) is 22.7 Å². The summed E-state index contributed by atoms with van der Waals surface area (Å²) in [6.07, 6.45) is 0. The zero-order valence-corrected chi connectivity index (χ0v) is 15.0. The maximum atomic E-state index is 11.8. The van der Waals surface area contributed by atoms with Crippen LogP contribution in [-0.2, 0) is 11.5 Å². The minimum atomic E-state index is -1.14. The molecule has 0 fully saturated rings. The first kappa shape index (κ1) is 15.8. The second kappa shape index (κ2) is 6.05. The van der Waals surface area contributed by atoms with E-state index in [0.717, 1.165) is 10.5 Å². The summed E-state index contributed by atoms with van der Waals surface area (Å²) < 4.78 is 12.9. The summed E-state index contributed by atoms with van der Waals surface area (Å²) in [6, 6.07) is 4.52. The van der Waals surface area contributed by atoms with Crippen LogP contribution in [0, 0.1) is 0 Å². The molecule has 4 nitrogen and oxygen atoms in total. The standard InChI is InChI=1S/C13H17BrClNO3Si/c1-20(2,3)7-6-18-8-16-12-10(19-13(16)17)5-4-9(14)11(12)15/h4-5H,6-8H2,1-3H3. The SMILES string of the molecule is C[Si](C)(C)CCOCn1c(=O)oc2ccc(Br)c(Cl)c21. The molecule has 0 aliphatic rings. The number of fused-ring (bicyclic) bond motifs is 1. The maximum absolute atomic E-state index is 11.8. The molecule has 0 aliphatic heterocycles. The van der Waals surface area contributed by atoms with Gasteiger partial charge >= 0.3 is 5.76 Å². The first-order chi connectivity index (χ1) is 9.29. The van der Waals surface area contributed by atoms with Crippen molar-refractivity contribution in [2.24, 2.45) is 0 Å². The molecular formula is C13H17BrClNO3Si. The predicted molar refractivity (Wildman–Crippen MR) is 87.3 cm³/mol. The Hall–Kier alpha value is -0.563. The molecule has 1 heterocycles. The first-order valence-electron chi connectivity index (χ1n) is 6.35. The van der Waals surface area contributed by atoms with Crippen molar-refractivity contribution < 1.29 is 9.15 Å². The van der Waals surface area contributed by atoms with Crippen molar-refractivity contribution in [3.8, 4) is 0 Å². The average Bonchev–Trinajstić information content (AvgIpc) is 2.66. The van der Waals surface area contributed by atoms with Gasteiger partial charge in [0.2, 0.25) is 0 Å². The van der Waals surface area contributed by atoms with Gasteiger partial charge in [0.25, 0.3) is 0 Å². The zero-order valence-electron chi connectivity index (χ0n) is 11.7. The van der Waals surface area contributed by atoms with Gasteiger partial charge in [-0.25, -0.2) is 9.36 Å². The molecule has 1 aromatic carbocycles. The van der Waals surface area contributed by atoms with E-state index < -0.39 is 13.8 Å². The van der Waals surface area contributed by atoms with Crippen LogP contribution in [0.5, 0.6) is 0 Å². The van der Waals surface area contributed by atoms with Crippen LogP contribution in [-0.4, -0.2) is 19.2 Å². The maximum Gasteiger partial charge on any atom is 0.421 e. The van der Waals surface area contributed by atoms with Gasteiger partial charge in [0.1, 0.15) is 12.2 Å². The molecule has 7 heteroatoms. The van der Waals surface area contributed by atoms with Crippen molar-refractivity contribution in [2.75, 3.05) is 6.61 Å². The van der Waals surface area contributed by atoms with Crippen LogP contribution in [0.15, 0.2) is 25.8 Å². The van der Waals surface area contributed by atoms with Crippen molar-refractivity contribution in [1.82, 2.24) is 4.57 Å². The average molecular weight is 379 g/mol. The monoisotopic (exact) mass is 377 g/mol. The van der Waals surface area contributed by atoms with Gasteiger partial charge < -0.3 is 9.15 Å². The molecule has 2 rings (SSSR count). The third-order valence-electron chi connectivity index (χ3n) is 2.94. The Kier molecular flexibility index (Phi) is 4.79. The highest BCUT2D eigenvalue weighted by Gasteiger charge is 2.16. The first-order valence-corrected chi connectivity index (χ1v) is 11.2. The van der Waals surface area contributed by atoms with Crippen molar-refractivity contribution in [2.45, 2.75) is 32.4 Å². The number of rotatable bonds is 5. The van der Waals surface area contributed by atoms with Gasteiger partial charge in [-0.3, -0.25) is 0 Å². The molecule has 0 aliphatic carbocycles. The lowest BCUT2D eigenvalue weighted by atomic mass is 10.3. The molecule has 2 aromatic rings. The highest BCUT2D eigenvalue weighted by molar-refractivity contribution is 9.10. The molecule has 0 spiro atoms. The van der Waals surface area contributed by atoms with Crippen molar-refractivity contribution in [1.29, 1.82) is 0 Å². The van der Waals surface area contributed by atoms with Crippen molar-refractivity contribution in [3.63, 3.8) is 0 Å². The molecule has 0 atom stereocenters. The van der Waals surface area contributed by atoms with Crippen LogP contribution in [0.25, 0.3) is 11.1 Å². The Labute approximate surface area is 131 Å². The Morgan fingerprint density at radius 2 is 2.10 bits per heavy atom. The number of benzene rings is 1. The molecule has 0 radical (unpaired) electrons. The summed E-state index contributed by atoms with van der Waals surface area (Å²) in [5.41, 5.74) is 1.04. The van der Waals surface area contributed by atoms with Gasteiger partial charge in [-0.1, -0.05) is 31.2 Å². The number of hydrogen-bond donors (Lipinski definition) is 0. The van der Waals surface area contributed by atoms with E-state index in [-0.39, 0.29) is 6.73 Å². The van der Waals surface area contributed by atoms with E-state index in [1.807, 2.05) is 0 Å². The van der Waals surface area contributed by atoms with E-state index in [2.05, 4.69) is 35.6 Å². The molecule has 1 aromatic heterocycles. The normalized spacial score (nSPS) is 12.2. The lowest BCUT2D eigenvalue weighted by Gasteiger charge is -2.15. The fourth-order valence-corrected chi connectivity index (χ4v) is 3.08. The second-order valence-electron chi connectivity index (χ2n) is 5.85. The summed E-state index contributed by atoms with van der Waals surface area (Å²) in [6.45, 7) is 7.64. The molecular weight excluding hydrogens is 362 g/mol. The van der Waals surface area contributed by atoms with E-state index in [9.17, 15) is 4.79 Å². The van der Waals surface area contributed by atoms with Gasteiger partial charge in [0.05, 0.1) is 5.02 Å². The predicted octanol–water partition coefficient (Wildman–Crippen LogP) is 4.32. The second-order valence-corrected chi connectivity index (χ2v) is 12.7. The topological polar surface area (TPSA) is 44.4 Å². The van der Waals surface area contributed by atoms with Gasteiger partial charge in [-0.05, 0) is 34.1 Å². The lowest BCUT2D eigenvalue weighted by Crippen LogP contribution is -2.23. The van der Waals surface area contributed by atoms with Crippen LogP contribution in [0.4, 0.5) is 0 Å². The Morgan fingerprint density at radius 1 is 1.40 bits per heavy atom. The van der Waals surface area contributed by atoms with Gasteiger partial charge in [-0.2, -0.15) is 0 Å². The van der Waals surface area contributed by atoms with Gasteiger partial charge in [0.15, 0.2) is 5.58 Å². The zero-order chi connectivity index (χ0) is 14.9. The smallest absolute Gasteiger partial charge is 0.408 e. The quantitative estimate of drug-likeness (QED) is 0.575. The number of aromatic nitrogens is 1. The third-order valence-corrected chi connectivity index (χ3v) is 5.91. The van der Waals surface area contributed by atoms with Crippen molar-refractivity contribution >= 4 is 46.7 Å². The van der Waals surface area contributed by atoms with Crippen LogP contribution >= 0.6 is 27.5 Å². The molecule has 0 bridgehead atoms. The number of hydrogen-bond acceptors (Lipinski definition) is 3. The van der Waals surface area contributed by atoms with Crippen LogP contribution in [0.1, 0.15) is 0 Å². The minimum absolute atomic E-state index is 0.159. The van der Waals surface area contributed by atoms with Crippen LogP contribution < -0.4 is 5.76 Å². The van der Waals surface area contributed by atoms with Gasteiger partial charge in [-0.15, -0.1) is 0 Å². The number of halogens is 2. The summed E-state index contributed by atoms with van der Waals surface area (Å²) >= 11 is 9.56. The van der Waals surface area contributed by atoms with Crippen molar-refractivity contribution in [3.05, 3.63) is 32.2 Å². The van der Waals surface area contributed by atoms with E-state index in [1.165, 1.54) is 4.57 Å². The number of ether oxygens (including phenoxy) is 1. The van der Waals surface area contributed by atoms with Crippen LogP contribution in [0.3, 0.4) is 0 Å². The lowest BCUT2D eigenvalue weighted by molar-refractivity contribution is 0.0850. The highest BCUT2D eigenvalue weighted by Crippen LogP contribution is 2.30. The number of nitrogens with zero attached hydrogens (tertiary/aromatic N) is 1. The molecule has 0 amide bonds. The summed E-state index contributed by atoms with van der Waals surface area (Å²) in [5, 5.41) is 0.460. The number of oxazole rings is 1. The molecule has 20 heavy (non-hydrogen) atoms. The summed E-state index contributed by atoms with van der Waals surface area (Å²) in [5.74, 6) is -0.451. The molecule has 0 saturated heterocycles. The van der Waals surface area contributed by atoms with Gasteiger partial charge in [0, 0.05) is 19.2 Å². The van der Waals surface area contributed by atoms with Crippen LogP contribution in [0.2, 0.25) is 30.7 Å². The Balaban J connectivity index is 2.20. The largest absolute Gasteiger partial charge is 0.421 e. The minimum Gasteiger partial charge on any atom is -0.408 e. The fourth-order valence-electron chi connectivity index (χ4n) is 1.75. The van der Waals surface area contributed by atoms with E-state index in [1.54, 1.807) is 12.1 Å². The fraction of sp³-hybridized carbons (Fsp3) is 0.462. The van der Waals surface area contributed by atoms with E-state index in [4.69, 9.17) is 20.8 Å². The molecule has 0 unspecified atom stereocenters. The molecule has 0 N–H and O–H groups in total. The molecule has 110 valence electrons.